The van der Waals surface area contributed by atoms with E-state index < -0.39 is 15.4 Å². The number of nitrogens with zero attached hydrogens (tertiary/aromatic N) is 2. The molecule has 0 amide bonds. The SMILES string of the molecule is CC1(C)CS(=O)(=O)CCN1Cc1cnc(-c2ccccc2)o1. The van der Waals surface area contributed by atoms with Gasteiger partial charge >= 0.3 is 0 Å². The average Bonchev–Trinajstić information content (AvgIpc) is 2.90. The number of aromatic nitrogens is 1. The van der Waals surface area contributed by atoms with Crippen LogP contribution in [0.5, 0.6) is 0 Å². The topological polar surface area (TPSA) is 63.4 Å². The van der Waals surface area contributed by atoms with E-state index in [0.717, 1.165) is 11.3 Å². The van der Waals surface area contributed by atoms with Gasteiger partial charge in [-0.2, -0.15) is 0 Å². The van der Waals surface area contributed by atoms with Crippen molar-refractivity contribution in [2.45, 2.75) is 25.9 Å². The molecule has 0 atom stereocenters. The van der Waals surface area contributed by atoms with Crippen molar-refractivity contribution in [3.8, 4) is 11.5 Å². The Bertz CT molecular complexity index is 751. The van der Waals surface area contributed by atoms with Crippen molar-refractivity contribution in [2.75, 3.05) is 18.1 Å². The third-order valence-electron chi connectivity index (χ3n) is 4.02. The van der Waals surface area contributed by atoms with Gasteiger partial charge in [-0.1, -0.05) is 18.2 Å². The second-order valence-corrected chi connectivity index (χ2v) is 8.51. The highest BCUT2D eigenvalue weighted by Gasteiger charge is 2.37. The molecule has 1 aliphatic rings. The Kier molecular flexibility index (Phi) is 3.82. The van der Waals surface area contributed by atoms with Gasteiger partial charge < -0.3 is 4.42 Å². The molecule has 22 heavy (non-hydrogen) atoms. The first kappa shape index (κ1) is 15.2. The van der Waals surface area contributed by atoms with E-state index in [1.807, 2.05) is 44.2 Å². The van der Waals surface area contributed by atoms with Gasteiger partial charge in [0.25, 0.3) is 0 Å². The van der Waals surface area contributed by atoms with E-state index >= 15 is 0 Å². The predicted molar refractivity (Wildman–Crippen MR) is 85.1 cm³/mol. The van der Waals surface area contributed by atoms with Crippen molar-refractivity contribution in [2.24, 2.45) is 0 Å². The monoisotopic (exact) mass is 320 g/mol. The van der Waals surface area contributed by atoms with Gasteiger partial charge in [0.2, 0.25) is 5.89 Å². The standard InChI is InChI=1S/C16H20N2O3S/c1-16(2)12-22(19,20)9-8-18(16)11-14-10-17-15(21-14)13-6-4-3-5-7-13/h3-7,10H,8-9,11-12H2,1-2H3. The Morgan fingerprint density at radius 1 is 1.27 bits per heavy atom. The minimum atomic E-state index is -2.94. The van der Waals surface area contributed by atoms with Crippen molar-refractivity contribution in [3.05, 3.63) is 42.3 Å². The highest BCUT2D eigenvalue weighted by molar-refractivity contribution is 7.91. The number of oxazole rings is 1. The van der Waals surface area contributed by atoms with Crippen LogP contribution in [0.15, 0.2) is 40.9 Å². The first-order valence-corrected chi connectivity index (χ1v) is 9.13. The third kappa shape index (κ3) is 3.23. The number of hydrogen-bond acceptors (Lipinski definition) is 5. The van der Waals surface area contributed by atoms with Crippen LogP contribution in [0.3, 0.4) is 0 Å². The molecule has 0 N–H and O–H groups in total. The molecule has 0 radical (unpaired) electrons. The summed E-state index contributed by atoms with van der Waals surface area (Å²) in [4.78, 5) is 6.46. The number of hydrogen-bond donors (Lipinski definition) is 0. The molecule has 5 nitrogen and oxygen atoms in total. The van der Waals surface area contributed by atoms with Gasteiger partial charge in [-0.15, -0.1) is 0 Å². The Morgan fingerprint density at radius 3 is 2.68 bits per heavy atom. The lowest BCUT2D eigenvalue weighted by Crippen LogP contribution is -2.54. The van der Waals surface area contributed by atoms with Crippen molar-refractivity contribution >= 4 is 9.84 Å². The molecule has 1 aromatic heterocycles. The van der Waals surface area contributed by atoms with Gasteiger partial charge in [-0.05, 0) is 26.0 Å². The molecule has 0 spiro atoms. The van der Waals surface area contributed by atoms with E-state index in [2.05, 4.69) is 9.88 Å². The summed E-state index contributed by atoms with van der Waals surface area (Å²) in [5, 5.41) is 0. The van der Waals surface area contributed by atoms with E-state index in [0.29, 0.717) is 19.0 Å². The van der Waals surface area contributed by atoms with Gasteiger partial charge in [0.1, 0.15) is 5.76 Å². The number of sulfone groups is 1. The minimum absolute atomic E-state index is 0.180. The van der Waals surface area contributed by atoms with Gasteiger partial charge in [0, 0.05) is 17.6 Å². The number of benzene rings is 1. The molecule has 1 fully saturated rings. The predicted octanol–water partition coefficient (Wildman–Crippen LogP) is 2.35. The first-order valence-electron chi connectivity index (χ1n) is 7.31. The molecule has 1 aromatic carbocycles. The maximum Gasteiger partial charge on any atom is 0.226 e. The van der Waals surface area contributed by atoms with Crippen LogP contribution in [0.25, 0.3) is 11.5 Å². The molecule has 0 unspecified atom stereocenters. The maximum absolute atomic E-state index is 11.8. The molecule has 6 heteroatoms. The van der Waals surface area contributed by atoms with Crippen LogP contribution < -0.4 is 0 Å². The molecular formula is C16H20N2O3S. The Labute approximate surface area is 130 Å². The van der Waals surface area contributed by atoms with Crippen LogP contribution in [0.2, 0.25) is 0 Å². The van der Waals surface area contributed by atoms with E-state index in [9.17, 15) is 8.42 Å². The van der Waals surface area contributed by atoms with Crippen LogP contribution in [-0.2, 0) is 16.4 Å². The zero-order chi connectivity index (χ0) is 15.8. The summed E-state index contributed by atoms with van der Waals surface area (Å²) in [6.07, 6.45) is 1.72. The molecule has 1 aliphatic heterocycles. The van der Waals surface area contributed by atoms with E-state index in [-0.39, 0.29) is 11.5 Å². The highest BCUT2D eigenvalue weighted by atomic mass is 32.2. The lowest BCUT2D eigenvalue weighted by atomic mass is 10.1. The molecule has 0 saturated carbocycles. The zero-order valence-electron chi connectivity index (χ0n) is 12.8. The summed E-state index contributed by atoms with van der Waals surface area (Å²) in [6, 6.07) is 9.74. The van der Waals surface area contributed by atoms with Crippen molar-refractivity contribution in [1.29, 1.82) is 0 Å². The van der Waals surface area contributed by atoms with Gasteiger partial charge in [0.05, 0.1) is 24.2 Å². The highest BCUT2D eigenvalue weighted by Crippen LogP contribution is 2.26. The zero-order valence-corrected chi connectivity index (χ0v) is 13.6. The summed E-state index contributed by atoms with van der Waals surface area (Å²) in [5.41, 5.74) is 0.547. The van der Waals surface area contributed by atoms with Crippen LogP contribution in [-0.4, -0.2) is 41.9 Å². The smallest absolute Gasteiger partial charge is 0.226 e. The molecule has 118 valence electrons. The first-order chi connectivity index (χ1) is 10.4. The summed E-state index contributed by atoms with van der Waals surface area (Å²) < 4.78 is 29.4. The molecule has 2 aromatic rings. The Morgan fingerprint density at radius 2 is 2.00 bits per heavy atom. The average molecular weight is 320 g/mol. The van der Waals surface area contributed by atoms with Crippen molar-refractivity contribution in [1.82, 2.24) is 9.88 Å². The van der Waals surface area contributed by atoms with E-state index in [1.165, 1.54) is 0 Å². The molecule has 3 rings (SSSR count). The minimum Gasteiger partial charge on any atom is -0.440 e. The fourth-order valence-electron chi connectivity index (χ4n) is 2.83. The largest absolute Gasteiger partial charge is 0.440 e. The third-order valence-corrected chi connectivity index (χ3v) is 5.97. The van der Waals surface area contributed by atoms with Crippen molar-refractivity contribution < 1.29 is 12.8 Å². The summed E-state index contributed by atoms with van der Waals surface area (Å²) in [5.74, 6) is 1.74. The molecular weight excluding hydrogens is 300 g/mol. The fourth-order valence-corrected chi connectivity index (χ4v) is 4.73. The van der Waals surface area contributed by atoms with Gasteiger partial charge in [-0.25, -0.2) is 13.4 Å². The lowest BCUT2D eigenvalue weighted by molar-refractivity contribution is 0.121. The Hall–Kier alpha value is -1.66. The van der Waals surface area contributed by atoms with Crippen LogP contribution in [0.4, 0.5) is 0 Å². The summed E-state index contributed by atoms with van der Waals surface area (Å²) >= 11 is 0. The van der Waals surface area contributed by atoms with Crippen LogP contribution >= 0.6 is 0 Å². The Balaban J connectivity index is 1.76. The quantitative estimate of drug-likeness (QED) is 0.868. The van der Waals surface area contributed by atoms with E-state index in [4.69, 9.17) is 4.42 Å². The van der Waals surface area contributed by atoms with Crippen molar-refractivity contribution in [3.63, 3.8) is 0 Å². The summed E-state index contributed by atoms with van der Waals surface area (Å²) in [7, 11) is -2.94. The van der Waals surface area contributed by atoms with Gasteiger partial charge in [0.15, 0.2) is 9.84 Å². The van der Waals surface area contributed by atoms with E-state index in [1.54, 1.807) is 6.20 Å². The van der Waals surface area contributed by atoms with Crippen LogP contribution in [0.1, 0.15) is 19.6 Å². The number of rotatable bonds is 3. The second kappa shape index (κ2) is 5.52. The van der Waals surface area contributed by atoms with Gasteiger partial charge in [-0.3, -0.25) is 4.90 Å². The lowest BCUT2D eigenvalue weighted by Gasteiger charge is -2.41. The second-order valence-electron chi connectivity index (χ2n) is 6.32. The van der Waals surface area contributed by atoms with Crippen LogP contribution in [0, 0.1) is 0 Å². The molecule has 0 aliphatic carbocycles. The fraction of sp³-hybridized carbons (Fsp3) is 0.438. The molecule has 2 heterocycles. The summed E-state index contributed by atoms with van der Waals surface area (Å²) in [6.45, 7) is 5.01. The molecule has 0 bridgehead atoms. The molecule has 1 saturated heterocycles. The maximum atomic E-state index is 11.8. The normalized spacial score (nSPS) is 20.8.